The summed E-state index contributed by atoms with van der Waals surface area (Å²) in [5.74, 6) is -0.521. The highest BCUT2D eigenvalue weighted by molar-refractivity contribution is 7.10. The molecule has 2 aromatic carbocycles. The Morgan fingerprint density at radius 1 is 0.955 bits per heavy atom. The van der Waals surface area contributed by atoms with E-state index in [1.54, 1.807) is 48.5 Å². The van der Waals surface area contributed by atoms with E-state index in [-0.39, 0.29) is 42.7 Å². The minimum absolute atomic E-state index is 0.0396. The van der Waals surface area contributed by atoms with Crippen LogP contribution in [0, 0.1) is 5.92 Å². The van der Waals surface area contributed by atoms with Gasteiger partial charge in [0.1, 0.15) is 0 Å². The minimum Gasteiger partial charge on any atom is -0.481 e. The topological polar surface area (TPSA) is 138 Å². The molecule has 12 heteroatoms. The molecule has 44 heavy (non-hydrogen) atoms. The molecule has 2 aliphatic heterocycles. The molecule has 0 bridgehead atoms. The fourth-order valence-corrected chi connectivity index (χ4v) is 6.50. The maximum atomic E-state index is 13.5. The first-order chi connectivity index (χ1) is 21.2. The van der Waals surface area contributed by atoms with Crippen molar-refractivity contribution in [2.75, 3.05) is 30.1 Å². The average Bonchev–Trinajstić information content (AvgIpc) is 3.49. The lowest BCUT2D eigenvalue weighted by Gasteiger charge is -2.46. The number of hydrogen-bond donors (Lipinski definition) is 3. The summed E-state index contributed by atoms with van der Waals surface area (Å²) in [6, 6.07) is 12.8. The molecule has 0 spiro atoms. The van der Waals surface area contributed by atoms with Gasteiger partial charge in [0.2, 0.25) is 12.7 Å². The van der Waals surface area contributed by atoms with Crippen molar-refractivity contribution in [1.29, 1.82) is 0 Å². The molecule has 1 saturated carbocycles. The Balaban J connectivity index is 1.29. The number of carbonyl (C=O) groups excluding carboxylic acids is 3. The summed E-state index contributed by atoms with van der Waals surface area (Å²) in [5.41, 5.74) is 1.77. The van der Waals surface area contributed by atoms with E-state index in [4.69, 9.17) is 9.47 Å². The number of carboxylic acids is 1. The largest absolute Gasteiger partial charge is 0.481 e. The van der Waals surface area contributed by atoms with Gasteiger partial charge in [0.25, 0.3) is 11.8 Å². The van der Waals surface area contributed by atoms with E-state index in [1.165, 1.54) is 11.3 Å². The van der Waals surface area contributed by atoms with Gasteiger partial charge >= 0.3 is 5.97 Å². The number of nitrogens with one attached hydrogen (secondary N) is 2. The summed E-state index contributed by atoms with van der Waals surface area (Å²) in [7, 11) is 0. The molecule has 3 unspecified atom stereocenters. The van der Waals surface area contributed by atoms with E-state index in [1.807, 2.05) is 24.1 Å². The van der Waals surface area contributed by atoms with Gasteiger partial charge < -0.3 is 35.0 Å². The molecular weight excluding hydrogens is 584 g/mol. The lowest BCUT2D eigenvalue weighted by atomic mass is 10.0. The molecule has 1 saturated heterocycles. The van der Waals surface area contributed by atoms with Gasteiger partial charge in [-0.05, 0) is 74.5 Å². The Morgan fingerprint density at radius 2 is 1.70 bits per heavy atom. The number of benzene rings is 2. The monoisotopic (exact) mass is 618 g/mol. The number of carboxylic acid groups (broad SMARTS) is 1. The van der Waals surface area contributed by atoms with Crippen LogP contribution in [-0.2, 0) is 9.59 Å². The second-order valence-electron chi connectivity index (χ2n) is 11.5. The van der Waals surface area contributed by atoms with Crippen LogP contribution in [0.4, 0.5) is 11.4 Å². The summed E-state index contributed by atoms with van der Waals surface area (Å²) >= 11 is 1.37. The number of amides is 3. The van der Waals surface area contributed by atoms with Crippen molar-refractivity contribution in [3.63, 3.8) is 0 Å². The van der Waals surface area contributed by atoms with Gasteiger partial charge in [-0.2, -0.15) is 0 Å². The number of nitrogens with zero attached hydrogens (tertiary/aromatic N) is 2. The van der Waals surface area contributed by atoms with E-state index in [0.29, 0.717) is 41.5 Å². The number of hydrogen-bond acceptors (Lipinski definition) is 8. The van der Waals surface area contributed by atoms with Gasteiger partial charge in [-0.25, -0.2) is 0 Å². The van der Waals surface area contributed by atoms with Crippen LogP contribution in [0.15, 0.2) is 53.9 Å². The maximum absolute atomic E-state index is 13.5. The van der Waals surface area contributed by atoms with Gasteiger partial charge in [0, 0.05) is 47.1 Å². The van der Waals surface area contributed by atoms with Crippen LogP contribution < -0.4 is 25.0 Å². The van der Waals surface area contributed by atoms with Crippen molar-refractivity contribution in [2.24, 2.45) is 5.92 Å². The fourth-order valence-electron chi connectivity index (χ4n) is 5.72. The highest BCUT2D eigenvalue weighted by atomic mass is 32.1. The summed E-state index contributed by atoms with van der Waals surface area (Å²) in [4.78, 5) is 56.3. The molecule has 1 aliphatic carbocycles. The number of anilines is 2. The number of aliphatic carboxylic acids is 1. The van der Waals surface area contributed by atoms with E-state index in [0.717, 1.165) is 17.7 Å². The number of fused-ring (bicyclic) bond motifs is 1. The highest BCUT2D eigenvalue weighted by Gasteiger charge is 2.39. The Kier molecular flexibility index (Phi) is 8.17. The predicted octanol–water partition coefficient (Wildman–Crippen LogP) is 4.51. The third-order valence-corrected chi connectivity index (χ3v) is 9.20. The average molecular weight is 619 g/mol. The quantitative estimate of drug-likeness (QED) is 0.319. The van der Waals surface area contributed by atoms with E-state index < -0.39 is 23.8 Å². The van der Waals surface area contributed by atoms with Crippen molar-refractivity contribution < 1.29 is 33.8 Å². The lowest BCUT2D eigenvalue weighted by molar-refractivity contribution is -0.137. The van der Waals surface area contributed by atoms with Crippen LogP contribution in [0.5, 0.6) is 11.5 Å². The summed E-state index contributed by atoms with van der Waals surface area (Å²) in [6.45, 7) is 5.25. The summed E-state index contributed by atoms with van der Waals surface area (Å²) in [5, 5.41) is 17.1. The normalized spacial score (nSPS) is 19.8. The van der Waals surface area contributed by atoms with Gasteiger partial charge in [-0.1, -0.05) is 6.07 Å². The van der Waals surface area contributed by atoms with Crippen LogP contribution in [0.25, 0.3) is 0 Å². The van der Waals surface area contributed by atoms with Crippen molar-refractivity contribution in [3.8, 4) is 11.5 Å². The zero-order valence-electron chi connectivity index (χ0n) is 24.4. The van der Waals surface area contributed by atoms with Crippen LogP contribution >= 0.6 is 11.3 Å². The van der Waals surface area contributed by atoms with Crippen LogP contribution in [0.1, 0.15) is 64.7 Å². The summed E-state index contributed by atoms with van der Waals surface area (Å²) in [6.07, 6.45) is 1.62. The SMILES string of the molecule is CC1CN(c2ccc(C(=O)NC(CC(=O)O)c3cccs3)cc2NC(=O)c2ccc3c(c2)OCO3)C(C)CN1C(=O)C1CC1. The Labute approximate surface area is 258 Å². The molecule has 3 aliphatic rings. The second kappa shape index (κ2) is 12.2. The third-order valence-electron chi connectivity index (χ3n) is 8.22. The van der Waals surface area contributed by atoms with Gasteiger partial charge in [0.15, 0.2) is 11.5 Å². The number of ether oxygens (including phenoxy) is 2. The van der Waals surface area contributed by atoms with Crippen LogP contribution in [-0.4, -0.2) is 65.7 Å². The molecule has 11 nitrogen and oxygen atoms in total. The first-order valence-electron chi connectivity index (χ1n) is 14.7. The fraction of sp³-hybridized carbons (Fsp3) is 0.375. The van der Waals surface area contributed by atoms with E-state index in [9.17, 15) is 24.3 Å². The molecule has 3 N–H and O–H groups in total. The molecule has 3 amide bonds. The van der Waals surface area contributed by atoms with Crippen LogP contribution in [0.3, 0.4) is 0 Å². The Morgan fingerprint density at radius 3 is 2.43 bits per heavy atom. The first kappa shape index (κ1) is 29.5. The Hall–Kier alpha value is -4.58. The predicted molar refractivity (Wildman–Crippen MR) is 164 cm³/mol. The van der Waals surface area contributed by atoms with Crippen molar-refractivity contribution in [1.82, 2.24) is 10.2 Å². The number of rotatable bonds is 9. The minimum atomic E-state index is -1.03. The molecule has 6 rings (SSSR count). The van der Waals surface area contributed by atoms with Gasteiger partial charge in [-0.15, -0.1) is 11.3 Å². The number of piperazine rings is 1. The third kappa shape index (κ3) is 6.21. The molecular formula is C32H34N4O7S. The zero-order valence-corrected chi connectivity index (χ0v) is 25.3. The molecule has 3 heterocycles. The van der Waals surface area contributed by atoms with E-state index in [2.05, 4.69) is 15.5 Å². The number of thiophene rings is 1. The molecule has 3 atom stereocenters. The molecule has 1 aromatic heterocycles. The van der Waals surface area contributed by atoms with Gasteiger partial charge in [0.05, 0.1) is 23.8 Å². The molecule has 2 fully saturated rings. The maximum Gasteiger partial charge on any atom is 0.305 e. The van der Waals surface area contributed by atoms with Gasteiger partial charge in [-0.3, -0.25) is 19.2 Å². The summed E-state index contributed by atoms with van der Waals surface area (Å²) < 4.78 is 10.8. The second-order valence-corrected chi connectivity index (χ2v) is 12.5. The molecule has 3 aromatic rings. The lowest BCUT2D eigenvalue weighted by Crippen LogP contribution is -2.58. The van der Waals surface area contributed by atoms with Crippen molar-refractivity contribution in [3.05, 3.63) is 69.9 Å². The zero-order chi connectivity index (χ0) is 31.0. The first-order valence-corrected chi connectivity index (χ1v) is 15.5. The standard InChI is InChI=1S/C32H34N4O7S/c1-18-16-36(32(41)20-5-6-20)19(2)15-35(18)25-9-7-21(30(39)34-24(14-29(37)38)28-4-3-11-44-28)12-23(25)33-31(40)22-8-10-26-27(13-22)43-17-42-26/h3-4,7-13,18-20,24H,5-6,14-17H2,1-2H3,(H,33,40)(H,34,39)(H,37,38). The molecule has 0 radical (unpaired) electrons. The highest BCUT2D eigenvalue weighted by Crippen LogP contribution is 2.37. The number of carbonyl (C=O) groups is 4. The van der Waals surface area contributed by atoms with E-state index >= 15 is 0 Å². The van der Waals surface area contributed by atoms with Crippen molar-refractivity contribution >= 4 is 46.4 Å². The Bertz CT molecular complexity index is 1590. The molecule has 230 valence electrons. The van der Waals surface area contributed by atoms with Crippen LogP contribution in [0.2, 0.25) is 0 Å². The van der Waals surface area contributed by atoms with Crippen molar-refractivity contribution in [2.45, 2.75) is 51.2 Å². The smallest absolute Gasteiger partial charge is 0.305 e.